The molecule has 9 rings (SSSR count). The van der Waals surface area contributed by atoms with Crippen LogP contribution in [0.2, 0.25) is 0 Å². The fourth-order valence-electron chi connectivity index (χ4n) is 8.36. The van der Waals surface area contributed by atoms with Gasteiger partial charge in [0.05, 0.1) is 11.0 Å². The van der Waals surface area contributed by atoms with Crippen molar-refractivity contribution in [2.24, 2.45) is 0 Å². The summed E-state index contributed by atoms with van der Waals surface area (Å²) in [6, 6.07) is 33.6. The fourth-order valence-corrected chi connectivity index (χ4v) is 8.36. The van der Waals surface area contributed by atoms with Crippen molar-refractivity contribution in [2.45, 2.75) is 51.4 Å². The van der Waals surface area contributed by atoms with E-state index in [4.69, 9.17) is 5.48 Å². The first-order valence-corrected chi connectivity index (χ1v) is 17.4. The summed E-state index contributed by atoms with van der Waals surface area (Å²) in [4.78, 5) is 0. The molecule has 0 heterocycles. The molecule has 1 aliphatic carbocycles. The highest BCUT2D eigenvalue weighted by Gasteiger charge is 2.38. The molecule has 242 valence electrons. The molecule has 0 saturated heterocycles. The predicted molar refractivity (Wildman–Crippen MR) is 216 cm³/mol. The zero-order valence-corrected chi connectivity index (χ0v) is 28.8. The molecule has 0 aromatic heterocycles. The van der Waals surface area contributed by atoms with E-state index >= 15 is 0 Å². The molecule has 50 heavy (non-hydrogen) atoms. The normalized spacial score (nSPS) is 17.2. The summed E-state index contributed by atoms with van der Waals surface area (Å²) < 4.78 is 72.4. The van der Waals surface area contributed by atoms with Gasteiger partial charge in [0.2, 0.25) is 0 Å². The van der Waals surface area contributed by atoms with Crippen LogP contribution in [0.3, 0.4) is 0 Å². The van der Waals surface area contributed by atoms with Crippen LogP contribution < -0.4 is 0 Å². The molecule has 0 amide bonds. The summed E-state index contributed by atoms with van der Waals surface area (Å²) in [6.45, 7) is 9.39. The third-order valence-corrected chi connectivity index (χ3v) is 11.0. The van der Waals surface area contributed by atoms with Crippen LogP contribution in [-0.4, -0.2) is 0 Å². The number of benzene rings is 8. The first-order valence-electron chi connectivity index (χ1n) is 21.4. The van der Waals surface area contributed by atoms with E-state index < -0.39 is 24.2 Å². The third kappa shape index (κ3) is 4.81. The first-order chi connectivity index (χ1) is 27.6. The molecule has 0 heteroatoms. The molecule has 1 aliphatic rings. The molecule has 0 atom stereocenters. The Morgan fingerprint density at radius 3 is 1.52 bits per heavy atom. The Bertz CT molecular complexity index is 2940. The maximum atomic E-state index is 9.37. The molecule has 8 aromatic carbocycles. The highest BCUT2D eigenvalue weighted by Crippen LogP contribution is 2.50. The lowest BCUT2D eigenvalue weighted by molar-refractivity contribution is 0.333. The SMILES string of the molecule is [2H]c1c([2H])c([2H])c2c(-c3ccc(-c4ccc(-c5cccc6c5C(C)(C)CCC6(C)C)cc4)c4ccccc34)c3c([2H])c([2H])c([2H])c([2H])c3c(-c3ccccc3)c2c1[2H]. The van der Waals surface area contributed by atoms with Crippen molar-refractivity contribution in [2.75, 3.05) is 0 Å². The van der Waals surface area contributed by atoms with Gasteiger partial charge in [-0.1, -0.05) is 185 Å². The van der Waals surface area contributed by atoms with Gasteiger partial charge in [0, 0.05) is 0 Å². The molecule has 0 bridgehead atoms. The third-order valence-electron chi connectivity index (χ3n) is 11.0. The second-order valence-corrected chi connectivity index (χ2v) is 14.9. The Morgan fingerprint density at radius 2 is 0.900 bits per heavy atom. The van der Waals surface area contributed by atoms with Crippen molar-refractivity contribution in [3.8, 4) is 44.5 Å². The van der Waals surface area contributed by atoms with Crippen molar-refractivity contribution >= 4 is 32.3 Å². The Balaban J connectivity index is 1.33. The Labute approximate surface area is 307 Å². The van der Waals surface area contributed by atoms with E-state index in [0.717, 1.165) is 40.3 Å². The first kappa shape index (κ1) is 23.0. The second-order valence-electron chi connectivity index (χ2n) is 14.9. The molecule has 0 unspecified atom stereocenters. The lowest BCUT2D eigenvalue weighted by Gasteiger charge is -2.43. The van der Waals surface area contributed by atoms with Crippen LogP contribution >= 0.6 is 0 Å². The van der Waals surface area contributed by atoms with Gasteiger partial charge in [-0.2, -0.15) is 0 Å². The maximum absolute atomic E-state index is 9.37. The zero-order valence-electron chi connectivity index (χ0n) is 36.8. The summed E-state index contributed by atoms with van der Waals surface area (Å²) in [5, 5.41) is 2.54. The minimum Gasteiger partial charge on any atom is -0.0622 e. The van der Waals surface area contributed by atoms with Crippen molar-refractivity contribution in [3.05, 3.63) is 169 Å². The molecule has 0 fully saturated rings. The van der Waals surface area contributed by atoms with Crippen LogP contribution in [-0.2, 0) is 10.8 Å². The number of hydrogen-bond acceptors (Lipinski definition) is 0. The largest absolute Gasteiger partial charge is 0.0629 e. The second kappa shape index (κ2) is 11.6. The zero-order chi connectivity index (χ0) is 41.0. The summed E-state index contributed by atoms with van der Waals surface area (Å²) in [6.07, 6.45) is 2.27. The Kier molecular flexibility index (Phi) is 5.33. The van der Waals surface area contributed by atoms with Crippen molar-refractivity contribution < 1.29 is 11.0 Å². The average Bonchev–Trinajstić information content (AvgIpc) is 3.24. The van der Waals surface area contributed by atoms with E-state index in [1.165, 1.54) is 16.7 Å². The standard InChI is InChI=1S/C50H42/c1-49(2)31-32-50(3,4)48-37(23-14-24-45(48)49)34-27-25-33(26-28-34)36-29-30-44(39-18-9-8-17-38(36)39)47-42-21-12-10-19-40(42)46(35-15-6-5-7-16-35)41-20-11-13-22-43(41)47/h5-30H,31-32H2,1-4H3/i10D,11D,12D,13D,19D,20D,21D,22D. The molecule has 8 aromatic rings. The van der Waals surface area contributed by atoms with Gasteiger partial charge >= 0.3 is 0 Å². The van der Waals surface area contributed by atoms with Gasteiger partial charge in [0.25, 0.3) is 0 Å². The minimum absolute atomic E-state index is 0.0466. The van der Waals surface area contributed by atoms with Gasteiger partial charge < -0.3 is 0 Å². The fraction of sp³-hybridized carbons (Fsp3) is 0.160. The molecule has 0 spiro atoms. The van der Waals surface area contributed by atoms with Crippen LogP contribution in [0.4, 0.5) is 0 Å². The molecule has 0 radical (unpaired) electrons. The summed E-state index contributed by atoms with van der Waals surface area (Å²) in [5.74, 6) is 0. The van der Waals surface area contributed by atoms with Gasteiger partial charge in [0.1, 0.15) is 0 Å². The van der Waals surface area contributed by atoms with Gasteiger partial charge in [-0.25, -0.2) is 0 Å². The van der Waals surface area contributed by atoms with Gasteiger partial charge in [0.15, 0.2) is 0 Å². The highest BCUT2D eigenvalue weighted by molar-refractivity contribution is 6.24. The van der Waals surface area contributed by atoms with Crippen LogP contribution in [0.15, 0.2) is 158 Å². The summed E-state index contributed by atoms with van der Waals surface area (Å²) >= 11 is 0. The van der Waals surface area contributed by atoms with Crippen LogP contribution in [0, 0.1) is 0 Å². The van der Waals surface area contributed by atoms with E-state index in [1.807, 2.05) is 54.6 Å². The monoisotopic (exact) mass is 650 g/mol. The molecule has 0 nitrogen and oxygen atoms in total. The summed E-state index contributed by atoms with van der Waals surface area (Å²) in [5.41, 5.74) is 9.28. The van der Waals surface area contributed by atoms with Crippen molar-refractivity contribution in [1.82, 2.24) is 0 Å². The smallest absolute Gasteiger partial charge is 0.0622 e. The van der Waals surface area contributed by atoms with Gasteiger partial charge in [-0.05, 0) is 112 Å². The number of fused-ring (bicyclic) bond motifs is 4. The summed E-state index contributed by atoms with van der Waals surface area (Å²) in [7, 11) is 0. The molecule has 0 N–H and O–H groups in total. The minimum atomic E-state index is -0.411. The lowest BCUT2D eigenvalue weighted by Crippen LogP contribution is -2.34. The topological polar surface area (TPSA) is 0 Å². The van der Waals surface area contributed by atoms with Gasteiger partial charge in [-0.3, -0.25) is 0 Å². The molecule has 0 saturated carbocycles. The quantitative estimate of drug-likeness (QED) is 0.166. The van der Waals surface area contributed by atoms with E-state index in [2.05, 4.69) is 70.2 Å². The van der Waals surface area contributed by atoms with E-state index in [-0.39, 0.29) is 56.5 Å². The lowest BCUT2D eigenvalue weighted by atomic mass is 9.61. The van der Waals surface area contributed by atoms with Crippen molar-refractivity contribution in [3.63, 3.8) is 0 Å². The Hall–Kier alpha value is -5.46. The number of hydrogen-bond donors (Lipinski definition) is 0. The van der Waals surface area contributed by atoms with Crippen molar-refractivity contribution in [1.29, 1.82) is 0 Å². The van der Waals surface area contributed by atoms with Gasteiger partial charge in [-0.15, -0.1) is 0 Å². The van der Waals surface area contributed by atoms with E-state index in [9.17, 15) is 5.48 Å². The van der Waals surface area contributed by atoms with E-state index in [0.29, 0.717) is 22.3 Å². The van der Waals surface area contributed by atoms with Crippen LogP contribution in [0.25, 0.3) is 76.8 Å². The molecule has 0 aliphatic heterocycles. The highest BCUT2D eigenvalue weighted by atomic mass is 14.4. The maximum Gasteiger partial charge on any atom is 0.0629 e. The predicted octanol–water partition coefficient (Wildman–Crippen LogP) is 14.2. The molecular formula is C50H42. The van der Waals surface area contributed by atoms with E-state index in [1.54, 1.807) is 12.1 Å². The average molecular weight is 651 g/mol. The Morgan fingerprint density at radius 1 is 0.400 bits per heavy atom. The van der Waals surface area contributed by atoms with Crippen LogP contribution in [0.1, 0.15) is 62.6 Å². The van der Waals surface area contributed by atoms with Crippen LogP contribution in [0.5, 0.6) is 0 Å². The molecular weight excluding hydrogens is 601 g/mol. The number of rotatable bonds is 4.